The Hall–Kier alpha value is -4.52. The summed E-state index contributed by atoms with van der Waals surface area (Å²) in [7, 11) is -1.86. The fraction of sp³-hybridized carbons (Fsp3) is 0.242. The number of aromatic nitrogens is 1. The number of likely N-dealkylation sites (tertiary alicyclic amines) is 1. The Morgan fingerprint density at radius 1 is 1.00 bits per heavy atom. The van der Waals surface area contributed by atoms with Crippen LogP contribution in [-0.2, 0) is 16.4 Å². The van der Waals surface area contributed by atoms with Crippen molar-refractivity contribution in [2.45, 2.75) is 30.3 Å². The molecule has 1 aliphatic heterocycles. The minimum absolute atomic E-state index is 0. The van der Waals surface area contributed by atoms with E-state index in [1.807, 2.05) is 36.4 Å². The van der Waals surface area contributed by atoms with E-state index in [4.69, 9.17) is 4.74 Å². The number of nitrogens with one attached hydrogen (secondary N) is 2. The normalized spacial score (nSPS) is 13.7. The Morgan fingerprint density at radius 3 is 2.30 bits per heavy atom. The minimum atomic E-state index is -3.28. The number of rotatable bonds is 9. The molecule has 0 aliphatic carbocycles. The van der Waals surface area contributed by atoms with Gasteiger partial charge >= 0.3 is 6.03 Å². The van der Waals surface area contributed by atoms with Gasteiger partial charge in [0, 0.05) is 62.6 Å². The van der Waals surface area contributed by atoms with Crippen LogP contribution in [0.2, 0.25) is 0 Å². The van der Waals surface area contributed by atoms with E-state index in [0.717, 1.165) is 49.5 Å². The van der Waals surface area contributed by atoms with Gasteiger partial charge in [-0.2, -0.15) is 0 Å². The minimum Gasteiger partial charge on any atom is -0.439 e. The van der Waals surface area contributed by atoms with Crippen LogP contribution >= 0.6 is 12.4 Å². The summed E-state index contributed by atoms with van der Waals surface area (Å²) in [6.45, 7) is 2.19. The molecule has 0 bridgehead atoms. The van der Waals surface area contributed by atoms with Gasteiger partial charge < -0.3 is 15.4 Å². The number of urea groups is 1. The Labute approximate surface area is 273 Å². The second-order valence-electron chi connectivity index (χ2n) is 10.8. The van der Waals surface area contributed by atoms with Gasteiger partial charge in [-0.3, -0.25) is 14.6 Å². The van der Waals surface area contributed by atoms with Crippen molar-refractivity contribution in [1.29, 1.82) is 0 Å². The van der Waals surface area contributed by atoms with E-state index < -0.39 is 21.6 Å². The molecule has 1 aromatic heterocycles. The summed E-state index contributed by atoms with van der Waals surface area (Å²) in [6.07, 6.45) is 4.37. The van der Waals surface area contributed by atoms with E-state index in [9.17, 15) is 22.4 Å². The Kier molecular flexibility index (Phi) is 11.3. The fourth-order valence-corrected chi connectivity index (χ4v) is 5.84. The molecule has 3 aromatic carbocycles. The third-order valence-electron chi connectivity index (χ3n) is 7.54. The first-order chi connectivity index (χ1) is 21.6. The molecule has 2 heterocycles. The zero-order valence-corrected chi connectivity index (χ0v) is 27.0. The summed E-state index contributed by atoms with van der Waals surface area (Å²) >= 11 is 0. The lowest BCUT2D eigenvalue weighted by molar-refractivity contribution is 0.0959. The van der Waals surface area contributed by atoms with Gasteiger partial charge in [0.2, 0.25) is 5.88 Å². The molecule has 1 saturated heterocycles. The lowest BCUT2D eigenvalue weighted by Gasteiger charge is -2.38. The molecule has 13 heteroatoms. The lowest BCUT2D eigenvalue weighted by Crippen LogP contribution is -2.49. The highest BCUT2D eigenvalue weighted by atomic mass is 35.5. The molecule has 0 unspecified atom stereocenters. The van der Waals surface area contributed by atoms with Gasteiger partial charge in [0.25, 0.3) is 5.91 Å². The molecule has 0 atom stereocenters. The highest BCUT2D eigenvalue weighted by Crippen LogP contribution is 2.27. The number of hydrogen-bond donors (Lipinski definition) is 2. The van der Waals surface area contributed by atoms with E-state index in [-0.39, 0.29) is 34.9 Å². The molecule has 5 rings (SSSR count). The Balaban J connectivity index is 0.00000480. The van der Waals surface area contributed by atoms with Crippen LogP contribution in [-0.4, -0.2) is 62.7 Å². The summed E-state index contributed by atoms with van der Waals surface area (Å²) < 4.78 is 43.3. The number of amides is 3. The monoisotopic (exact) mass is 667 g/mol. The molecule has 46 heavy (non-hydrogen) atoms. The molecule has 0 saturated carbocycles. The summed E-state index contributed by atoms with van der Waals surface area (Å²) in [4.78, 5) is 34.3. The van der Waals surface area contributed by atoms with Crippen LogP contribution in [0.5, 0.6) is 11.6 Å². The number of para-hydroxylation sites is 1. The first-order valence-corrected chi connectivity index (χ1v) is 16.3. The number of carbonyl (C=O) groups is 2. The van der Waals surface area contributed by atoms with E-state index >= 15 is 0 Å². The van der Waals surface area contributed by atoms with Crippen molar-refractivity contribution in [3.8, 4) is 11.6 Å². The quantitative estimate of drug-likeness (QED) is 0.228. The zero-order chi connectivity index (χ0) is 32.0. The molecule has 0 spiro atoms. The molecule has 0 radical (unpaired) electrons. The third-order valence-corrected chi connectivity index (χ3v) is 8.67. The number of ether oxygens (including phenoxy) is 1. The topological polar surface area (TPSA) is 121 Å². The predicted molar refractivity (Wildman–Crippen MR) is 177 cm³/mol. The van der Waals surface area contributed by atoms with Crippen LogP contribution in [0.3, 0.4) is 0 Å². The van der Waals surface area contributed by atoms with E-state index in [2.05, 4.69) is 20.5 Å². The molecular formula is C33H35ClFN5O5S. The fourth-order valence-electron chi connectivity index (χ4n) is 5.21. The van der Waals surface area contributed by atoms with Gasteiger partial charge in [0.15, 0.2) is 9.84 Å². The van der Waals surface area contributed by atoms with Gasteiger partial charge in [-0.05, 0) is 73.0 Å². The number of hydrogen-bond acceptors (Lipinski definition) is 7. The van der Waals surface area contributed by atoms with Crippen LogP contribution in [0.15, 0.2) is 96.0 Å². The third kappa shape index (κ3) is 8.59. The van der Waals surface area contributed by atoms with Crippen molar-refractivity contribution >= 4 is 45.6 Å². The standard InChI is InChI=1S/C33H34FN5O5S.ClH/c1-35-32(40)29-20-24(9-14-30(29)34)37-33(41)39(25-6-4-3-5-7-25)26-16-18-38(19-17-26)22-23-8-15-31(36-21-23)44-27-10-12-28(13-11-27)45(2,42)43;/h3-15,20-21,26H,16-19,22H2,1-2H3,(H,35,40)(H,37,41);1H. The van der Waals surface area contributed by atoms with E-state index in [1.165, 1.54) is 31.3 Å². The van der Waals surface area contributed by atoms with Gasteiger partial charge in [-0.25, -0.2) is 22.6 Å². The highest BCUT2D eigenvalue weighted by Gasteiger charge is 2.29. The SMILES string of the molecule is CNC(=O)c1cc(NC(=O)N(c2ccccc2)C2CCN(Cc3ccc(Oc4ccc(S(C)(=O)=O)cc4)nc3)CC2)ccc1F.Cl. The number of nitrogens with zero attached hydrogens (tertiary/aromatic N) is 3. The van der Waals surface area contributed by atoms with Crippen LogP contribution < -0.4 is 20.3 Å². The average molecular weight is 668 g/mol. The first kappa shape index (κ1) is 34.4. The maximum atomic E-state index is 14.2. The Bertz CT molecular complexity index is 1750. The van der Waals surface area contributed by atoms with Gasteiger partial charge in [-0.1, -0.05) is 24.3 Å². The smallest absolute Gasteiger partial charge is 0.326 e. The summed E-state index contributed by atoms with van der Waals surface area (Å²) in [6, 6.07) is 22.8. The van der Waals surface area contributed by atoms with Crippen LogP contribution in [0, 0.1) is 5.82 Å². The predicted octanol–water partition coefficient (Wildman–Crippen LogP) is 5.90. The second-order valence-corrected chi connectivity index (χ2v) is 12.8. The van der Waals surface area contributed by atoms with Gasteiger partial charge in [0.1, 0.15) is 11.6 Å². The van der Waals surface area contributed by atoms with E-state index in [0.29, 0.717) is 23.9 Å². The lowest BCUT2D eigenvalue weighted by atomic mass is 10.0. The number of anilines is 2. The number of benzene rings is 3. The maximum absolute atomic E-state index is 14.2. The van der Waals surface area contributed by atoms with Crippen molar-refractivity contribution in [3.63, 3.8) is 0 Å². The molecule has 242 valence electrons. The van der Waals surface area contributed by atoms with Crippen molar-refractivity contribution in [3.05, 3.63) is 108 Å². The van der Waals surface area contributed by atoms with Crippen LogP contribution in [0.1, 0.15) is 28.8 Å². The van der Waals surface area contributed by atoms with Crippen molar-refractivity contribution in [2.24, 2.45) is 0 Å². The highest BCUT2D eigenvalue weighted by molar-refractivity contribution is 7.90. The summed E-state index contributed by atoms with van der Waals surface area (Å²) in [5.41, 5.74) is 1.93. The van der Waals surface area contributed by atoms with Crippen molar-refractivity contribution < 1.29 is 27.1 Å². The molecular weight excluding hydrogens is 633 g/mol. The van der Waals surface area contributed by atoms with Crippen molar-refractivity contribution in [2.75, 3.05) is 36.6 Å². The summed E-state index contributed by atoms with van der Waals surface area (Å²) in [5, 5.41) is 5.26. The van der Waals surface area contributed by atoms with Crippen molar-refractivity contribution in [1.82, 2.24) is 15.2 Å². The molecule has 1 fully saturated rings. The zero-order valence-electron chi connectivity index (χ0n) is 25.4. The van der Waals surface area contributed by atoms with Gasteiger partial charge in [0.05, 0.1) is 10.5 Å². The maximum Gasteiger partial charge on any atom is 0.326 e. The number of sulfone groups is 1. The second kappa shape index (κ2) is 15.2. The molecule has 10 nitrogen and oxygen atoms in total. The number of carbonyl (C=O) groups excluding carboxylic acids is 2. The number of halogens is 2. The number of piperidine rings is 1. The molecule has 3 amide bonds. The molecule has 2 N–H and O–H groups in total. The van der Waals surface area contributed by atoms with E-state index in [1.54, 1.807) is 29.3 Å². The molecule has 4 aromatic rings. The first-order valence-electron chi connectivity index (χ1n) is 14.4. The molecule has 1 aliphatic rings. The van der Waals surface area contributed by atoms with Crippen LogP contribution in [0.4, 0.5) is 20.6 Å². The van der Waals surface area contributed by atoms with Gasteiger partial charge in [-0.15, -0.1) is 12.4 Å². The number of pyridine rings is 1. The van der Waals surface area contributed by atoms with Crippen LogP contribution in [0.25, 0.3) is 0 Å². The Morgan fingerprint density at radius 2 is 1.70 bits per heavy atom. The summed E-state index contributed by atoms with van der Waals surface area (Å²) in [5.74, 6) is -0.353. The average Bonchev–Trinajstić information content (AvgIpc) is 3.04. The largest absolute Gasteiger partial charge is 0.439 e.